The Kier molecular flexibility index (Phi) is 6.57. The highest BCUT2D eigenvalue weighted by Crippen LogP contribution is 2.03. The predicted molar refractivity (Wildman–Crippen MR) is 52.2 cm³/mol. The molecule has 0 aromatic heterocycles. The molecule has 0 fully saturated rings. The van der Waals surface area contributed by atoms with Gasteiger partial charge in [0.2, 0.25) is 0 Å². The van der Waals surface area contributed by atoms with Crippen LogP contribution in [0.4, 0.5) is 0 Å². The molecule has 2 N–H and O–H groups in total. The van der Waals surface area contributed by atoms with Crippen molar-refractivity contribution in [1.29, 1.82) is 0 Å². The molecule has 0 saturated carbocycles. The summed E-state index contributed by atoms with van der Waals surface area (Å²) in [6.07, 6.45) is -2.09. The molecule has 10 heteroatoms. The molecule has 0 aromatic carbocycles. The first-order valence-corrected chi connectivity index (χ1v) is 4.70. The Balaban J connectivity index is 4.49. The van der Waals surface area contributed by atoms with E-state index in [1.807, 2.05) is 0 Å². The normalized spacial score (nSPS) is 9.58. The number of rotatable bonds is 7. The summed E-state index contributed by atoms with van der Waals surface area (Å²) in [4.78, 5) is 52.9. The van der Waals surface area contributed by atoms with Gasteiger partial charge < -0.3 is 24.4 Å². The number of carboxylic acids is 2. The summed E-state index contributed by atoms with van der Waals surface area (Å²) in [5, 5.41) is 16.6. The molecule has 0 atom stereocenters. The van der Waals surface area contributed by atoms with E-state index < -0.39 is 49.2 Å². The SMILES string of the molecule is CC(=O)OC(OC(=O)CC(=O)O)OC(=O)CC(=O)O. The molecule has 106 valence electrons. The van der Waals surface area contributed by atoms with Gasteiger partial charge in [0, 0.05) is 6.92 Å². The highest BCUT2D eigenvalue weighted by atomic mass is 16.9. The van der Waals surface area contributed by atoms with Crippen molar-refractivity contribution < 1.29 is 48.4 Å². The van der Waals surface area contributed by atoms with Crippen molar-refractivity contribution in [3.63, 3.8) is 0 Å². The second-order valence-electron chi connectivity index (χ2n) is 3.02. The second-order valence-corrected chi connectivity index (χ2v) is 3.02. The third kappa shape index (κ3) is 9.09. The van der Waals surface area contributed by atoms with E-state index in [4.69, 9.17) is 10.2 Å². The zero-order chi connectivity index (χ0) is 15.0. The molecule has 0 saturated heterocycles. The summed E-state index contributed by atoms with van der Waals surface area (Å²) in [5.41, 5.74) is 0. The van der Waals surface area contributed by atoms with E-state index in [0.29, 0.717) is 0 Å². The van der Waals surface area contributed by atoms with Crippen molar-refractivity contribution in [3.8, 4) is 0 Å². The number of carbonyl (C=O) groups is 5. The van der Waals surface area contributed by atoms with E-state index in [-0.39, 0.29) is 0 Å². The average molecular weight is 278 g/mol. The first-order valence-electron chi connectivity index (χ1n) is 4.70. The van der Waals surface area contributed by atoms with Crippen molar-refractivity contribution in [2.45, 2.75) is 26.2 Å². The molecule has 0 heterocycles. The van der Waals surface area contributed by atoms with E-state index in [1.54, 1.807) is 0 Å². The highest BCUT2D eigenvalue weighted by Gasteiger charge is 2.24. The van der Waals surface area contributed by atoms with Crippen molar-refractivity contribution in [3.05, 3.63) is 0 Å². The van der Waals surface area contributed by atoms with Gasteiger partial charge in [-0.2, -0.15) is 0 Å². The fourth-order valence-corrected chi connectivity index (χ4v) is 0.753. The third-order valence-corrected chi connectivity index (χ3v) is 1.31. The first-order chi connectivity index (χ1) is 8.70. The van der Waals surface area contributed by atoms with Gasteiger partial charge in [0.05, 0.1) is 0 Å². The summed E-state index contributed by atoms with van der Waals surface area (Å²) in [7, 11) is 0. The summed E-state index contributed by atoms with van der Waals surface area (Å²) in [6.45, 7) is -1.22. The molecule has 19 heavy (non-hydrogen) atoms. The minimum absolute atomic E-state index is 0.906. The maximum atomic E-state index is 10.9. The Morgan fingerprint density at radius 2 is 1.21 bits per heavy atom. The van der Waals surface area contributed by atoms with E-state index >= 15 is 0 Å². The van der Waals surface area contributed by atoms with Crippen molar-refractivity contribution in [2.75, 3.05) is 0 Å². The van der Waals surface area contributed by atoms with Crippen molar-refractivity contribution in [1.82, 2.24) is 0 Å². The third-order valence-electron chi connectivity index (χ3n) is 1.31. The number of hydrogen-bond acceptors (Lipinski definition) is 8. The van der Waals surface area contributed by atoms with Crippen LogP contribution in [0.15, 0.2) is 0 Å². The lowest BCUT2D eigenvalue weighted by Crippen LogP contribution is -2.30. The molecule has 0 rings (SSSR count). The monoisotopic (exact) mass is 278 g/mol. The van der Waals surface area contributed by atoms with Crippen LogP contribution in [0.2, 0.25) is 0 Å². The van der Waals surface area contributed by atoms with Crippen LogP contribution in [0, 0.1) is 0 Å². The van der Waals surface area contributed by atoms with Gasteiger partial charge in [0.1, 0.15) is 12.8 Å². The minimum atomic E-state index is -2.13. The molecule has 0 aliphatic heterocycles. The Labute approximate surface area is 105 Å². The van der Waals surface area contributed by atoms with E-state index in [9.17, 15) is 24.0 Å². The molecular formula is C9H10O10. The average Bonchev–Trinajstić information content (AvgIpc) is 2.11. The molecule has 0 radical (unpaired) electrons. The smallest absolute Gasteiger partial charge is 0.412 e. The van der Waals surface area contributed by atoms with Crippen LogP contribution in [0.1, 0.15) is 19.8 Å². The lowest BCUT2D eigenvalue weighted by atomic mass is 10.4. The van der Waals surface area contributed by atoms with Crippen LogP contribution in [-0.4, -0.2) is 46.5 Å². The zero-order valence-electron chi connectivity index (χ0n) is 9.65. The predicted octanol–water partition coefficient (Wildman–Crippen LogP) is -1.13. The van der Waals surface area contributed by atoms with Crippen molar-refractivity contribution >= 4 is 29.8 Å². The molecule has 0 amide bonds. The summed E-state index contributed by atoms with van der Waals surface area (Å²) in [5.74, 6) is -6.67. The molecule has 0 aliphatic carbocycles. The molecule has 0 bridgehead atoms. The quantitative estimate of drug-likeness (QED) is 0.332. The first kappa shape index (κ1) is 16.4. The lowest BCUT2D eigenvalue weighted by molar-refractivity contribution is -0.256. The fourth-order valence-electron chi connectivity index (χ4n) is 0.753. The van der Waals surface area contributed by atoms with E-state index in [0.717, 1.165) is 6.92 Å². The summed E-state index contributed by atoms with van der Waals surface area (Å²) < 4.78 is 12.7. The second kappa shape index (κ2) is 7.63. The number of carboxylic acid groups (broad SMARTS) is 2. The molecule has 0 spiro atoms. The standard InChI is InChI=1S/C9H10O10/c1-4(10)17-9(18-7(15)2-5(11)12)19-8(16)3-6(13)14/h9H,2-3H2,1H3,(H,11,12)(H,13,14). The van der Waals surface area contributed by atoms with Gasteiger partial charge in [-0.05, 0) is 0 Å². The fraction of sp³-hybridized carbons (Fsp3) is 0.444. The zero-order valence-corrected chi connectivity index (χ0v) is 9.65. The number of ether oxygens (including phenoxy) is 3. The Hall–Kier alpha value is -2.65. The molecule has 10 nitrogen and oxygen atoms in total. The Morgan fingerprint density at radius 3 is 1.47 bits per heavy atom. The van der Waals surface area contributed by atoms with Crippen LogP contribution in [0.5, 0.6) is 0 Å². The number of carbonyl (C=O) groups excluding carboxylic acids is 3. The van der Waals surface area contributed by atoms with Crippen molar-refractivity contribution in [2.24, 2.45) is 0 Å². The maximum Gasteiger partial charge on any atom is 0.412 e. The van der Waals surface area contributed by atoms with Crippen LogP contribution in [0.3, 0.4) is 0 Å². The molecular weight excluding hydrogens is 268 g/mol. The van der Waals surface area contributed by atoms with Crippen LogP contribution < -0.4 is 0 Å². The molecule has 0 aliphatic rings. The highest BCUT2D eigenvalue weighted by molar-refractivity contribution is 5.91. The van der Waals surface area contributed by atoms with Gasteiger partial charge in [-0.1, -0.05) is 0 Å². The van der Waals surface area contributed by atoms with Gasteiger partial charge in [0.15, 0.2) is 0 Å². The van der Waals surface area contributed by atoms with Crippen LogP contribution in [-0.2, 0) is 38.2 Å². The lowest BCUT2D eigenvalue weighted by Gasteiger charge is -2.16. The van der Waals surface area contributed by atoms with Gasteiger partial charge in [-0.15, -0.1) is 0 Å². The molecule has 0 unspecified atom stereocenters. The minimum Gasteiger partial charge on any atom is -0.481 e. The summed E-state index contributed by atoms with van der Waals surface area (Å²) >= 11 is 0. The Morgan fingerprint density at radius 1 is 0.842 bits per heavy atom. The maximum absolute atomic E-state index is 10.9. The summed E-state index contributed by atoms with van der Waals surface area (Å²) in [6, 6.07) is 0. The largest absolute Gasteiger partial charge is 0.481 e. The number of hydrogen-bond donors (Lipinski definition) is 2. The van der Waals surface area contributed by atoms with E-state index in [2.05, 4.69) is 14.2 Å². The van der Waals surface area contributed by atoms with E-state index in [1.165, 1.54) is 0 Å². The van der Waals surface area contributed by atoms with Gasteiger partial charge in [-0.3, -0.25) is 24.0 Å². The van der Waals surface area contributed by atoms with Gasteiger partial charge in [-0.25, -0.2) is 0 Å². The van der Waals surface area contributed by atoms with Crippen LogP contribution >= 0.6 is 0 Å². The Bertz CT molecular complexity index is 368. The topological polar surface area (TPSA) is 154 Å². The van der Waals surface area contributed by atoms with Crippen LogP contribution in [0.25, 0.3) is 0 Å². The van der Waals surface area contributed by atoms with Gasteiger partial charge >= 0.3 is 36.3 Å². The van der Waals surface area contributed by atoms with Gasteiger partial charge in [0.25, 0.3) is 0 Å². The molecule has 0 aromatic rings. The number of aliphatic carboxylic acids is 2. The number of esters is 3.